The van der Waals surface area contributed by atoms with Crippen LogP contribution in [0.25, 0.3) is 0 Å². The van der Waals surface area contributed by atoms with E-state index in [1.807, 2.05) is 0 Å². The number of esters is 1. The van der Waals surface area contributed by atoms with E-state index in [1.165, 1.54) is 19.9 Å². The Balaban J connectivity index is 2.90. The van der Waals surface area contributed by atoms with Crippen LogP contribution in [0.15, 0.2) is 12.1 Å². The summed E-state index contributed by atoms with van der Waals surface area (Å²) in [6, 6.07) is 1.25. The van der Waals surface area contributed by atoms with Gasteiger partial charge in [0.15, 0.2) is 0 Å². The molecule has 0 fully saturated rings. The highest BCUT2D eigenvalue weighted by molar-refractivity contribution is 5.97. The first-order chi connectivity index (χ1) is 8.88. The van der Waals surface area contributed by atoms with Gasteiger partial charge in [-0.3, -0.25) is 4.79 Å². The molecular weight excluding hydrogens is 256 g/mol. The van der Waals surface area contributed by atoms with Crippen molar-refractivity contribution in [2.24, 2.45) is 0 Å². The van der Waals surface area contributed by atoms with Crippen LogP contribution in [-0.2, 0) is 9.53 Å². The maximum Gasteiger partial charge on any atom is 0.328 e. The van der Waals surface area contributed by atoms with Crippen molar-refractivity contribution in [2.45, 2.75) is 26.8 Å². The molecule has 4 nitrogen and oxygen atoms in total. The quantitative estimate of drug-likeness (QED) is 0.852. The molecule has 1 N–H and O–H groups in total. The van der Waals surface area contributed by atoms with Crippen molar-refractivity contribution in [3.8, 4) is 0 Å². The monoisotopic (exact) mass is 271 g/mol. The van der Waals surface area contributed by atoms with Gasteiger partial charge in [-0.2, -0.15) is 0 Å². The molecule has 0 bridgehead atoms. The molecule has 1 unspecified atom stereocenters. The molecule has 6 heteroatoms. The Kier molecular flexibility index (Phi) is 4.97. The number of amides is 1. The van der Waals surface area contributed by atoms with Crippen molar-refractivity contribution in [3.63, 3.8) is 0 Å². The summed E-state index contributed by atoms with van der Waals surface area (Å²) in [5.41, 5.74) is -0.550. The van der Waals surface area contributed by atoms with Crippen LogP contribution in [0.1, 0.15) is 29.8 Å². The summed E-state index contributed by atoms with van der Waals surface area (Å²) >= 11 is 0. The van der Waals surface area contributed by atoms with Gasteiger partial charge in [0, 0.05) is 0 Å². The molecule has 0 aliphatic heterocycles. The number of rotatable bonds is 4. The third-order valence-corrected chi connectivity index (χ3v) is 2.50. The average molecular weight is 271 g/mol. The van der Waals surface area contributed by atoms with Gasteiger partial charge in [0.2, 0.25) is 0 Å². The second-order valence-electron chi connectivity index (χ2n) is 4.00. The van der Waals surface area contributed by atoms with Gasteiger partial charge in [-0.1, -0.05) is 6.07 Å². The highest BCUT2D eigenvalue weighted by Crippen LogP contribution is 2.16. The zero-order chi connectivity index (χ0) is 14.6. The second-order valence-corrected chi connectivity index (χ2v) is 4.00. The smallest absolute Gasteiger partial charge is 0.328 e. The molecule has 1 rings (SSSR count). The Labute approximate surface area is 109 Å². The SMILES string of the molecule is CCOC(=O)C(C)NC(=O)c1c(F)ccc(C)c1F. The van der Waals surface area contributed by atoms with Crippen molar-refractivity contribution in [1.82, 2.24) is 5.32 Å². The number of hydrogen-bond donors (Lipinski definition) is 1. The van der Waals surface area contributed by atoms with Gasteiger partial charge in [-0.25, -0.2) is 13.6 Å². The molecule has 1 aromatic rings. The molecule has 0 saturated carbocycles. The molecule has 1 atom stereocenters. The summed E-state index contributed by atoms with van der Waals surface area (Å²) in [5, 5.41) is 2.20. The third kappa shape index (κ3) is 3.49. The first-order valence-corrected chi connectivity index (χ1v) is 5.80. The highest BCUT2D eigenvalue weighted by atomic mass is 19.1. The molecule has 0 saturated heterocycles. The number of carbonyl (C=O) groups excluding carboxylic acids is 2. The summed E-state index contributed by atoms with van der Waals surface area (Å²) < 4.78 is 31.8. The van der Waals surface area contributed by atoms with E-state index >= 15 is 0 Å². The van der Waals surface area contributed by atoms with E-state index in [2.05, 4.69) is 10.1 Å². The number of nitrogens with one attached hydrogen (secondary N) is 1. The van der Waals surface area contributed by atoms with Crippen LogP contribution < -0.4 is 5.32 Å². The van der Waals surface area contributed by atoms with E-state index in [0.29, 0.717) is 0 Å². The lowest BCUT2D eigenvalue weighted by Gasteiger charge is -2.13. The van der Waals surface area contributed by atoms with Crippen molar-refractivity contribution in [1.29, 1.82) is 0 Å². The predicted molar refractivity (Wildman–Crippen MR) is 64.7 cm³/mol. The van der Waals surface area contributed by atoms with Gasteiger partial charge in [0.05, 0.1) is 6.61 Å². The molecule has 104 valence electrons. The van der Waals surface area contributed by atoms with Crippen molar-refractivity contribution >= 4 is 11.9 Å². The zero-order valence-electron chi connectivity index (χ0n) is 10.9. The average Bonchev–Trinajstić information content (AvgIpc) is 2.34. The minimum absolute atomic E-state index is 0.148. The molecule has 0 spiro atoms. The number of benzene rings is 1. The molecule has 0 aromatic heterocycles. The van der Waals surface area contributed by atoms with E-state index in [4.69, 9.17) is 0 Å². The fourth-order valence-electron chi connectivity index (χ4n) is 1.46. The van der Waals surface area contributed by atoms with E-state index < -0.39 is 35.1 Å². The van der Waals surface area contributed by atoms with E-state index in [1.54, 1.807) is 6.92 Å². The van der Waals surface area contributed by atoms with Gasteiger partial charge in [0.25, 0.3) is 5.91 Å². The van der Waals surface area contributed by atoms with Gasteiger partial charge in [0.1, 0.15) is 23.2 Å². The van der Waals surface area contributed by atoms with Gasteiger partial charge >= 0.3 is 5.97 Å². The van der Waals surface area contributed by atoms with Crippen molar-refractivity contribution < 1.29 is 23.1 Å². The summed E-state index contributed by atoms with van der Waals surface area (Å²) in [6.07, 6.45) is 0. The first kappa shape index (κ1) is 15.1. The highest BCUT2D eigenvalue weighted by Gasteiger charge is 2.23. The minimum atomic E-state index is -0.987. The molecule has 19 heavy (non-hydrogen) atoms. The van der Waals surface area contributed by atoms with Crippen LogP contribution in [0.4, 0.5) is 8.78 Å². The molecule has 0 aliphatic rings. The topological polar surface area (TPSA) is 55.4 Å². The summed E-state index contributed by atoms with van der Waals surface area (Å²) in [4.78, 5) is 23.1. The summed E-state index contributed by atoms with van der Waals surface area (Å²) in [5.74, 6) is -3.56. The van der Waals surface area contributed by atoms with Crippen LogP contribution in [0.3, 0.4) is 0 Å². The van der Waals surface area contributed by atoms with Crippen molar-refractivity contribution in [3.05, 3.63) is 34.9 Å². The summed E-state index contributed by atoms with van der Waals surface area (Å²) in [7, 11) is 0. The number of aryl methyl sites for hydroxylation is 1. The van der Waals surface area contributed by atoms with Crippen LogP contribution in [0.5, 0.6) is 0 Å². The normalized spacial score (nSPS) is 11.8. The van der Waals surface area contributed by atoms with Crippen LogP contribution in [0.2, 0.25) is 0 Å². The van der Waals surface area contributed by atoms with E-state index in [-0.39, 0.29) is 12.2 Å². The predicted octanol–water partition coefficient (Wildman–Crippen LogP) is 1.95. The zero-order valence-corrected chi connectivity index (χ0v) is 10.9. The lowest BCUT2D eigenvalue weighted by molar-refractivity contribution is -0.144. The Morgan fingerprint density at radius 3 is 2.58 bits per heavy atom. The fraction of sp³-hybridized carbons (Fsp3) is 0.385. The van der Waals surface area contributed by atoms with Crippen molar-refractivity contribution in [2.75, 3.05) is 6.61 Å². The van der Waals surface area contributed by atoms with Gasteiger partial charge < -0.3 is 10.1 Å². The Morgan fingerprint density at radius 2 is 2.00 bits per heavy atom. The Bertz CT molecular complexity index is 503. The third-order valence-electron chi connectivity index (χ3n) is 2.50. The Hall–Kier alpha value is -1.98. The minimum Gasteiger partial charge on any atom is -0.464 e. The Morgan fingerprint density at radius 1 is 1.37 bits per heavy atom. The molecule has 0 radical (unpaired) electrons. The molecule has 0 heterocycles. The fourth-order valence-corrected chi connectivity index (χ4v) is 1.46. The number of hydrogen-bond acceptors (Lipinski definition) is 3. The van der Waals surface area contributed by atoms with Crippen LogP contribution in [-0.4, -0.2) is 24.5 Å². The number of carbonyl (C=O) groups is 2. The second kappa shape index (κ2) is 6.26. The lowest BCUT2D eigenvalue weighted by Crippen LogP contribution is -2.40. The number of halogens is 2. The molecule has 1 amide bonds. The van der Waals surface area contributed by atoms with E-state index in [9.17, 15) is 18.4 Å². The molecule has 0 aliphatic carbocycles. The van der Waals surface area contributed by atoms with E-state index in [0.717, 1.165) is 6.07 Å². The maximum atomic E-state index is 13.7. The molecule has 1 aromatic carbocycles. The standard InChI is InChI=1S/C13H15F2NO3/c1-4-19-13(18)8(3)16-12(17)10-9(14)6-5-7(2)11(10)15/h5-6,8H,4H2,1-3H3,(H,16,17). The number of ether oxygens (including phenoxy) is 1. The van der Waals surface area contributed by atoms with Crippen LogP contribution in [0, 0.1) is 18.6 Å². The van der Waals surface area contributed by atoms with Crippen LogP contribution >= 0.6 is 0 Å². The van der Waals surface area contributed by atoms with Gasteiger partial charge in [-0.05, 0) is 32.4 Å². The molecular formula is C13H15F2NO3. The largest absolute Gasteiger partial charge is 0.464 e. The van der Waals surface area contributed by atoms with Gasteiger partial charge in [-0.15, -0.1) is 0 Å². The first-order valence-electron chi connectivity index (χ1n) is 5.80. The maximum absolute atomic E-state index is 13.7. The lowest BCUT2D eigenvalue weighted by atomic mass is 10.1. The summed E-state index contributed by atoms with van der Waals surface area (Å²) in [6.45, 7) is 4.57.